The van der Waals surface area contributed by atoms with Crippen molar-refractivity contribution in [2.24, 2.45) is 0 Å². The van der Waals surface area contributed by atoms with E-state index in [9.17, 15) is 8.78 Å². The lowest BCUT2D eigenvalue weighted by molar-refractivity contribution is 0.498. The van der Waals surface area contributed by atoms with Gasteiger partial charge in [0.25, 0.3) is 0 Å². The molecule has 11 heavy (non-hydrogen) atoms. The predicted octanol–water partition coefficient (Wildman–Crippen LogP) is 3.80. The van der Waals surface area contributed by atoms with Gasteiger partial charge in [-0.1, -0.05) is 0 Å². The fourth-order valence-electron chi connectivity index (χ4n) is 0.691. The van der Waals surface area contributed by atoms with Crippen LogP contribution in [0.15, 0.2) is 15.0 Å². The summed E-state index contributed by atoms with van der Waals surface area (Å²) in [6, 6.07) is 1.52. The molecule has 0 fully saturated rings. The van der Waals surface area contributed by atoms with E-state index in [0.717, 1.165) is 0 Å². The van der Waals surface area contributed by atoms with Crippen molar-refractivity contribution in [2.75, 3.05) is 0 Å². The van der Waals surface area contributed by atoms with E-state index in [1.807, 2.05) is 0 Å². The van der Waals surface area contributed by atoms with E-state index >= 15 is 0 Å². The van der Waals surface area contributed by atoms with Gasteiger partial charge in [0.05, 0.1) is 4.47 Å². The van der Waals surface area contributed by atoms with Gasteiger partial charge in [0, 0.05) is 4.47 Å². The molecule has 0 aliphatic rings. The molecule has 0 amide bonds. The second-order valence-electron chi connectivity index (χ2n) is 2.12. The summed E-state index contributed by atoms with van der Waals surface area (Å²) in [5.41, 5.74) is 0.289. The standard InChI is InChI=1S/C7H4Br2F2/c1-3-2-4(8)5(9)7(11)6(3)10/h2H,1H3. The van der Waals surface area contributed by atoms with Gasteiger partial charge in [-0.25, -0.2) is 8.78 Å². The average Bonchev–Trinajstić information content (AvgIpc) is 1.97. The number of aryl methyl sites for hydroxylation is 1. The van der Waals surface area contributed by atoms with Crippen LogP contribution in [0.5, 0.6) is 0 Å². The molecule has 0 aromatic heterocycles. The predicted molar refractivity (Wildman–Crippen MR) is 46.5 cm³/mol. The summed E-state index contributed by atoms with van der Waals surface area (Å²) in [7, 11) is 0. The molecule has 1 rings (SSSR count). The summed E-state index contributed by atoms with van der Waals surface area (Å²) < 4.78 is 26.2. The van der Waals surface area contributed by atoms with Gasteiger partial charge in [0.2, 0.25) is 0 Å². The Morgan fingerprint density at radius 1 is 1.18 bits per heavy atom. The Morgan fingerprint density at radius 3 is 2.27 bits per heavy atom. The molecule has 0 atom stereocenters. The van der Waals surface area contributed by atoms with Crippen molar-refractivity contribution in [1.82, 2.24) is 0 Å². The van der Waals surface area contributed by atoms with Crippen LogP contribution in [0.1, 0.15) is 5.56 Å². The molecule has 0 unspecified atom stereocenters. The molecule has 0 saturated heterocycles. The summed E-state index contributed by atoms with van der Waals surface area (Å²) in [5.74, 6) is -1.66. The van der Waals surface area contributed by atoms with Crippen LogP contribution in [0.3, 0.4) is 0 Å². The molecule has 60 valence electrons. The van der Waals surface area contributed by atoms with Gasteiger partial charge in [0.15, 0.2) is 11.6 Å². The maximum Gasteiger partial charge on any atom is 0.174 e. The van der Waals surface area contributed by atoms with Crippen LogP contribution in [0.25, 0.3) is 0 Å². The largest absolute Gasteiger partial charge is 0.203 e. The molecule has 0 N–H and O–H groups in total. The second-order valence-corrected chi connectivity index (χ2v) is 3.76. The second kappa shape index (κ2) is 3.19. The summed E-state index contributed by atoms with van der Waals surface area (Å²) in [4.78, 5) is 0. The number of halogens is 4. The van der Waals surface area contributed by atoms with E-state index in [1.54, 1.807) is 0 Å². The fraction of sp³-hybridized carbons (Fsp3) is 0.143. The van der Waals surface area contributed by atoms with Crippen LogP contribution in [-0.2, 0) is 0 Å². The summed E-state index contributed by atoms with van der Waals surface area (Å²) in [6.45, 7) is 1.51. The quantitative estimate of drug-likeness (QED) is 0.502. The van der Waals surface area contributed by atoms with Gasteiger partial charge in [-0.2, -0.15) is 0 Å². The molecule has 1 aromatic rings. The van der Waals surface area contributed by atoms with Crippen LogP contribution in [0.4, 0.5) is 8.78 Å². The number of benzene rings is 1. The van der Waals surface area contributed by atoms with Crippen LogP contribution in [-0.4, -0.2) is 0 Å². The molecular formula is C7H4Br2F2. The van der Waals surface area contributed by atoms with Gasteiger partial charge in [-0.3, -0.25) is 0 Å². The Balaban J connectivity index is 3.46. The van der Waals surface area contributed by atoms with E-state index in [0.29, 0.717) is 4.47 Å². The Hall–Kier alpha value is 0.0400. The SMILES string of the molecule is Cc1cc(Br)c(Br)c(F)c1F. The summed E-state index contributed by atoms with van der Waals surface area (Å²) in [6.07, 6.45) is 0. The fourth-order valence-corrected chi connectivity index (χ4v) is 1.50. The van der Waals surface area contributed by atoms with E-state index in [2.05, 4.69) is 31.9 Å². The third-order valence-corrected chi connectivity index (χ3v) is 3.22. The number of hydrogen-bond acceptors (Lipinski definition) is 0. The lowest BCUT2D eigenvalue weighted by Gasteiger charge is -2.01. The molecule has 0 heterocycles. The van der Waals surface area contributed by atoms with Crippen molar-refractivity contribution < 1.29 is 8.78 Å². The highest BCUT2D eigenvalue weighted by Gasteiger charge is 2.12. The Kier molecular flexibility index (Phi) is 2.65. The first-order chi connectivity index (χ1) is 5.04. The number of hydrogen-bond donors (Lipinski definition) is 0. The minimum atomic E-state index is -0.850. The maximum absolute atomic E-state index is 12.8. The lowest BCUT2D eigenvalue weighted by Crippen LogP contribution is -1.90. The zero-order valence-corrected chi connectivity index (χ0v) is 8.76. The monoisotopic (exact) mass is 284 g/mol. The van der Waals surface area contributed by atoms with E-state index in [1.165, 1.54) is 13.0 Å². The van der Waals surface area contributed by atoms with Crippen molar-refractivity contribution in [3.05, 3.63) is 32.2 Å². The number of rotatable bonds is 0. The van der Waals surface area contributed by atoms with E-state index in [4.69, 9.17) is 0 Å². The smallest absolute Gasteiger partial charge is 0.174 e. The molecule has 0 saturated carbocycles. The normalized spacial score (nSPS) is 10.3. The molecule has 0 bridgehead atoms. The van der Waals surface area contributed by atoms with Gasteiger partial charge in [-0.15, -0.1) is 0 Å². The zero-order chi connectivity index (χ0) is 8.59. The minimum absolute atomic E-state index is 0.126. The van der Waals surface area contributed by atoms with Crippen LogP contribution in [0.2, 0.25) is 0 Å². The van der Waals surface area contributed by atoms with Crippen LogP contribution in [0, 0.1) is 18.6 Å². The minimum Gasteiger partial charge on any atom is -0.203 e. The Labute approximate surface area is 79.9 Å². The van der Waals surface area contributed by atoms with Gasteiger partial charge >= 0.3 is 0 Å². The maximum atomic E-state index is 12.8. The average molecular weight is 286 g/mol. The highest BCUT2D eigenvalue weighted by Crippen LogP contribution is 2.29. The first-order valence-electron chi connectivity index (χ1n) is 2.83. The Morgan fingerprint density at radius 2 is 1.73 bits per heavy atom. The third-order valence-electron chi connectivity index (χ3n) is 1.28. The highest BCUT2D eigenvalue weighted by molar-refractivity contribution is 9.13. The summed E-state index contributed by atoms with van der Waals surface area (Å²) in [5, 5.41) is 0. The van der Waals surface area contributed by atoms with Gasteiger partial charge < -0.3 is 0 Å². The molecule has 0 spiro atoms. The molecule has 0 radical (unpaired) electrons. The van der Waals surface area contributed by atoms with Crippen molar-refractivity contribution in [3.8, 4) is 0 Å². The molecule has 4 heteroatoms. The molecule has 1 aromatic carbocycles. The molecule has 0 aliphatic carbocycles. The van der Waals surface area contributed by atoms with Crippen molar-refractivity contribution in [2.45, 2.75) is 6.92 Å². The third kappa shape index (κ3) is 1.62. The van der Waals surface area contributed by atoms with Gasteiger partial charge in [0.1, 0.15) is 0 Å². The zero-order valence-electron chi connectivity index (χ0n) is 5.59. The first kappa shape index (κ1) is 9.13. The first-order valence-corrected chi connectivity index (χ1v) is 4.42. The van der Waals surface area contributed by atoms with Gasteiger partial charge in [-0.05, 0) is 50.4 Å². The molecule has 0 nitrogen and oxygen atoms in total. The Bertz CT molecular complexity index is 271. The van der Waals surface area contributed by atoms with E-state index < -0.39 is 11.6 Å². The van der Waals surface area contributed by atoms with Crippen molar-refractivity contribution in [3.63, 3.8) is 0 Å². The highest BCUT2D eigenvalue weighted by atomic mass is 79.9. The molecule has 0 aliphatic heterocycles. The van der Waals surface area contributed by atoms with Crippen LogP contribution >= 0.6 is 31.9 Å². The van der Waals surface area contributed by atoms with Crippen molar-refractivity contribution in [1.29, 1.82) is 0 Å². The molecular weight excluding hydrogens is 282 g/mol. The lowest BCUT2D eigenvalue weighted by atomic mass is 10.2. The van der Waals surface area contributed by atoms with E-state index in [-0.39, 0.29) is 10.0 Å². The van der Waals surface area contributed by atoms with Crippen LogP contribution < -0.4 is 0 Å². The summed E-state index contributed by atoms with van der Waals surface area (Å²) >= 11 is 5.98. The van der Waals surface area contributed by atoms with Crippen molar-refractivity contribution >= 4 is 31.9 Å². The topological polar surface area (TPSA) is 0 Å².